The van der Waals surface area contributed by atoms with E-state index < -0.39 is 9.84 Å². The van der Waals surface area contributed by atoms with E-state index in [-0.39, 0.29) is 6.04 Å². The summed E-state index contributed by atoms with van der Waals surface area (Å²) >= 11 is 0. The second-order valence-corrected chi connectivity index (χ2v) is 6.76. The highest BCUT2D eigenvalue weighted by Gasteiger charge is 2.23. The van der Waals surface area contributed by atoms with Crippen molar-refractivity contribution in [2.45, 2.75) is 31.8 Å². The molecule has 0 radical (unpaired) electrons. The molecule has 0 amide bonds. The Kier molecular flexibility index (Phi) is 4.17. The van der Waals surface area contributed by atoms with Gasteiger partial charge in [-0.3, -0.25) is 4.68 Å². The molecule has 1 saturated heterocycles. The van der Waals surface area contributed by atoms with Crippen LogP contribution in [0.1, 0.15) is 19.3 Å². The lowest BCUT2D eigenvalue weighted by atomic mass is 10.2. The molecule has 1 atom stereocenters. The fourth-order valence-corrected chi connectivity index (χ4v) is 3.83. The van der Waals surface area contributed by atoms with Crippen molar-refractivity contribution in [3.05, 3.63) is 18.5 Å². The lowest BCUT2D eigenvalue weighted by molar-refractivity contribution is 0.459. The maximum absolute atomic E-state index is 11.4. The molecule has 6 heteroatoms. The van der Waals surface area contributed by atoms with Crippen LogP contribution < -0.4 is 5.32 Å². The molecular formula is C11H19N3O2S. The standard InChI is InChI=1S/C11H19N3O2S/c15-17(16)9-1-4-11(10-17)12-5-2-7-14-8-3-6-13-14/h3,6,8,11-12H,1-2,4-5,7,9-10H2. The third-order valence-electron chi connectivity index (χ3n) is 3.02. The fraction of sp³-hybridized carbons (Fsp3) is 0.727. The monoisotopic (exact) mass is 257 g/mol. The molecule has 1 aromatic rings. The van der Waals surface area contributed by atoms with Crippen LogP contribution >= 0.6 is 0 Å². The van der Waals surface area contributed by atoms with E-state index in [4.69, 9.17) is 0 Å². The third-order valence-corrected chi connectivity index (χ3v) is 4.84. The Hall–Kier alpha value is -0.880. The van der Waals surface area contributed by atoms with E-state index in [9.17, 15) is 8.42 Å². The Morgan fingerprint density at radius 3 is 3.06 bits per heavy atom. The molecule has 1 unspecified atom stereocenters. The summed E-state index contributed by atoms with van der Waals surface area (Å²) < 4.78 is 24.7. The number of hydrogen-bond donors (Lipinski definition) is 1. The average molecular weight is 257 g/mol. The number of nitrogens with zero attached hydrogens (tertiary/aromatic N) is 2. The Bertz CT molecular complexity index is 428. The van der Waals surface area contributed by atoms with E-state index in [1.54, 1.807) is 6.20 Å². The van der Waals surface area contributed by atoms with Gasteiger partial charge in [-0.1, -0.05) is 0 Å². The molecule has 17 heavy (non-hydrogen) atoms. The van der Waals surface area contributed by atoms with Crippen molar-refractivity contribution in [2.75, 3.05) is 18.1 Å². The summed E-state index contributed by atoms with van der Waals surface area (Å²) in [4.78, 5) is 0. The molecule has 96 valence electrons. The topological polar surface area (TPSA) is 64.0 Å². The molecule has 5 nitrogen and oxygen atoms in total. The Labute approximate surface area is 102 Å². The normalized spacial score (nSPS) is 23.6. The second-order valence-electron chi connectivity index (χ2n) is 4.53. The van der Waals surface area contributed by atoms with Gasteiger partial charge in [-0.2, -0.15) is 5.10 Å². The van der Waals surface area contributed by atoms with Gasteiger partial charge >= 0.3 is 0 Å². The van der Waals surface area contributed by atoms with Crippen LogP contribution in [0.2, 0.25) is 0 Å². The van der Waals surface area contributed by atoms with Crippen molar-refractivity contribution in [1.29, 1.82) is 0 Å². The van der Waals surface area contributed by atoms with Crippen molar-refractivity contribution in [2.24, 2.45) is 0 Å². The van der Waals surface area contributed by atoms with Crippen LogP contribution in [0.4, 0.5) is 0 Å². The molecule has 2 rings (SSSR count). The SMILES string of the molecule is O=S1(=O)CCCC(NCCCn2cccn2)C1. The molecule has 0 aliphatic carbocycles. The average Bonchev–Trinajstić information content (AvgIpc) is 2.76. The lowest BCUT2D eigenvalue weighted by Crippen LogP contribution is -2.40. The van der Waals surface area contributed by atoms with Gasteiger partial charge < -0.3 is 5.32 Å². The van der Waals surface area contributed by atoms with E-state index in [0.29, 0.717) is 11.5 Å². The molecule has 1 aliphatic heterocycles. The van der Waals surface area contributed by atoms with E-state index in [2.05, 4.69) is 10.4 Å². The molecule has 1 N–H and O–H groups in total. The number of nitrogens with one attached hydrogen (secondary N) is 1. The van der Waals surface area contributed by atoms with Gasteiger partial charge in [-0.15, -0.1) is 0 Å². The van der Waals surface area contributed by atoms with E-state index in [0.717, 1.165) is 32.4 Å². The zero-order valence-corrected chi connectivity index (χ0v) is 10.7. The summed E-state index contributed by atoms with van der Waals surface area (Å²) in [5, 5.41) is 7.44. The maximum Gasteiger partial charge on any atom is 0.151 e. The van der Waals surface area contributed by atoms with Crippen LogP contribution in [0.15, 0.2) is 18.5 Å². The number of hydrogen-bond acceptors (Lipinski definition) is 4. The van der Waals surface area contributed by atoms with Crippen LogP contribution in [0.25, 0.3) is 0 Å². The molecule has 0 saturated carbocycles. The third kappa shape index (κ3) is 4.12. The van der Waals surface area contributed by atoms with E-state index >= 15 is 0 Å². The van der Waals surface area contributed by atoms with E-state index in [1.807, 2.05) is 16.9 Å². The summed E-state index contributed by atoms with van der Waals surface area (Å²) in [7, 11) is -2.79. The highest BCUT2D eigenvalue weighted by molar-refractivity contribution is 7.91. The zero-order valence-electron chi connectivity index (χ0n) is 9.88. The molecule has 0 spiro atoms. The first-order chi connectivity index (χ1) is 8.16. The summed E-state index contributed by atoms with van der Waals surface area (Å²) in [6.07, 6.45) is 6.44. The van der Waals surface area contributed by atoms with Gasteiger partial charge in [0.05, 0.1) is 11.5 Å². The van der Waals surface area contributed by atoms with Crippen LogP contribution in [-0.4, -0.2) is 42.3 Å². The van der Waals surface area contributed by atoms with Gasteiger partial charge in [-0.05, 0) is 31.9 Å². The van der Waals surface area contributed by atoms with Crippen molar-refractivity contribution < 1.29 is 8.42 Å². The van der Waals surface area contributed by atoms with Crippen LogP contribution in [0.5, 0.6) is 0 Å². The van der Waals surface area contributed by atoms with Crippen LogP contribution in [-0.2, 0) is 16.4 Å². The van der Waals surface area contributed by atoms with Crippen molar-refractivity contribution >= 4 is 9.84 Å². The highest BCUT2D eigenvalue weighted by atomic mass is 32.2. The summed E-state index contributed by atoms with van der Waals surface area (Å²) in [5.74, 6) is 0.660. The second kappa shape index (κ2) is 5.64. The first kappa shape index (κ1) is 12.6. The van der Waals surface area contributed by atoms with Gasteiger partial charge in [0.25, 0.3) is 0 Å². The van der Waals surface area contributed by atoms with Crippen LogP contribution in [0.3, 0.4) is 0 Å². The molecule has 0 aromatic carbocycles. The minimum atomic E-state index is -2.79. The van der Waals surface area contributed by atoms with Gasteiger partial charge in [0.1, 0.15) is 0 Å². The molecular weight excluding hydrogens is 238 g/mol. The highest BCUT2D eigenvalue weighted by Crippen LogP contribution is 2.11. The Morgan fingerprint density at radius 2 is 2.35 bits per heavy atom. The summed E-state index contributed by atoms with van der Waals surface area (Å²) in [5.41, 5.74) is 0. The lowest BCUT2D eigenvalue weighted by Gasteiger charge is -2.23. The van der Waals surface area contributed by atoms with Gasteiger partial charge in [0, 0.05) is 25.0 Å². The van der Waals surface area contributed by atoms with E-state index in [1.165, 1.54) is 0 Å². The minimum absolute atomic E-state index is 0.145. The Balaban J connectivity index is 1.65. The molecule has 2 heterocycles. The number of rotatable bonds is 5. The Morgan fingerprint density at radius 1 is 1.47 bits per heavy atom. The molecule has 1 fully saturated rings. The number of aryl methyl sites for hydroxylation is 1. The fourth-order valence-electron chi connectivity index (χ4n) is 2.16. The van der Waals surface area contributed by atoms with Crippen LogP contribution in [0, 0.1) is 0 Å². The maximum atomic E-state index is 11.4. The number of aromatic nitrogens is 2. The quantitative estimate of drug-likeness (QED) is 0.777. The first-order valence-electron chi connectivity index (χ1n) is 6.07. The van der Waals surface area contributed by atoms with Gasteiger partial charge in [0.15, 0.2) is 9.84 Å². The van der Waals surface area contributed by atoms with Crippen molar-refractivity contribution in [1.82, 2.24) is 15.1 Å². The summed E-state index contributed by atoms with van der Waals surface area (Å²) in [6, 6.07) is 2.05. The minimum Gasteiger partial charge on any atom is -0.313 e. The largest absolute Gasteiger partial charge is 0.313 e. The number of sulfone groups is 1. The van der Waals surface area contributed by atoms with Crippen molar-refractivity contribution in [3.8, 4) is 0 Å². The van der Waals surface area contributed by atoms with Gasteiger partial charge in [-0.25, -0.2) is 8.42 Å². The zero-order chi connectivity index (χ0) is 12.1. The van der Waals surface area contributed by atoms with Gasteiger partial charge in [0.2, 0.25) is 0 Å². The molecule has 1 aliphatic rings. The molecule has 0 bridgehead atoms. The summed E-state index contributed by atoms with van der Waals surface area (Å²) in [6.45, 7) is 1.72. The predicted octanol–water partition coefficient (Wildman–Crippen LogP) is 0.440. The smallest absolute Gasteiger partial charge is 0.151 e. The molecule has 1 aromatic heterocycles. The van der Waals surface area contributed by atoms with Crippen molar-refractivity contribution in [3.63, 3.8) is 0 Å². The first-order valence-corrected chi connectivity index (χ1v) is 7.89. The predicted molar refractivity (Wildman–Crippen MR) is 66.5 cm³/mol.